The zero-order valence-electron chi connectivity index (χ0n) is 15.3. The highest BCUT2D eigenvalue weighted by Gasteiger charge is 2.24. The summed E-state index contributed by atoms with van der Waals surface area (Å²) in [6, 6.07) is 12.7. The van der Waals surface area contributed by atoms with Crippen molar-refractivity contribution >= 4 is 34.2 Å². The molecule has 0 bridgehead atoms. The van der Waals surface area contributed by atoms with Gasteiger partial charge in [-0.1, -0.05) is 12.1 Å². The number of aryl methyl sites for hydroxylation is 2. The lowest BCUT2D eigenvalue weighted by molar-refractivity contribution is -0.117. The van der Waals surface area contributed by atoms with Crippen molar-refractivity contribution < 1.29 is 9.59 Å². The van der Waals surface area contributed by atoms with Crippen molar-refractivity contribution in [3.05, 3.63) is 59.4 Å². The van der Waals surface area contributed by atoms with Crippen LogP contribution in [0.2, 0.25) is 0 Å². The second-order valence-corrected chi connectivity index (χ2v) is 6.72. The second-order valence-electron chi connectivity index (χ2n) is 6.72. The Morgan fingerprint density at radius 2 is 1.78 bits per heavy atom. The van der Waals surface area contributed by atoms with Crippen LogP contribution < -0.4 is 10.2 Å². The third-order valence-electron chi connectivity index (χ3n) is 4.85. The molecule has 0 radical (unpaired) electrons. The summed E-state index contributed by atoms with van der Waals surface area (Å²) in [5.74, 6) is -0.153. The Labute approximate surface area is 157 Å². The van der Waals surface area contributed by atoms with E-state index in [-0.39, 0.29) is 11.8 Å². The molecule has 4 rings (SSSR count). The van der Waals surface area contributed by atoms with Gasteiger partial charge in [-0.3, -0.25) is 9.59 Å². The van der Waals surface area contributed by atoms with E-state index >= 15 is 0 Å². The Morgan fingerprint density at radius 1 is 1.04 bits per heavy atom. The molecule has 6 heteroatoms. The van der Waals surface area contributed by atoms with E-state index in [2.05, 4.69) is 15.3 Å². The number of hydrogen-bond donors (Lipinski definition) is 1. The van der Waals surface area contributed by atoms with Crippen LogP contribution in [0.15, 0.2) is 42.5 Å². The average Bonchev–Trinajstić information content (AvgIpc) is 3.08. The standard InChI is InChI=1S/C21H20N4O2/c1-13-14(2)23-18-12-15(9-10-16(18)22-13)21(27)24-17-6-3-4-7-19(17)25-11-5-8-20(25)26/h3-4,6-7,9-10,12H,5,8,11H2,1-2H3,(H,24,27). The van der Waals surface area contributed by atoms with Gasteiger partial charge in [0.1, 0.15) is 0 Å². The van der Waals surface area contributed by atoms with Crippen LogP contribution in [0.1, 0.15) is 34.6 Å². The summed E-state index contributed by atoms with van der Waals surface area (Å²) in [4.78, 5) is 35.6. The van der Waals surface area contributed by atoms with Gasteiger partial charge in [0, 0.05) is 18.5 Å². The molecule has 136 valence electrons. The van der Waals surface area contributed by atoms with E-state index in [1.165, 1.54) is 0 Å². The minimum Gasteiger partial charge on any atom is -0.320 e. The molecule has 0 spiro atoms. The molecule has 0 aliphatic carbocycles. The molecule has 0 unspecified atom stereocenters. The van der Waals surface area contributed by atoms with Gasteiger partial charge in [-0.05, 0) is 50.6 Å². The smallest absolute Gasteiger partial charge is 0.255 e. The SMILES string of the molecule is Cc1nc2ccc(C(=O)Nc3ccccc3N3CCCC3=O)cc2nc1C. The third-order valence-corrected chi connectivity index (χ3v) is 4.85. The fraction of sp³-hybridized carbons (Fsp3) is 0.238. The van der Waals surface area contributed by atoms with Crippen LogP contribution in [-0.4, -0.2) is 28.3 Å². The minimum atomic E-state index is -0.240. The number of para-hydroxylation sites is 2. The average molecular weight is 360 g/mol. The number of fused-ring (bicyclic) bond motifs is 1. The van der Waals surface area contributed by atoms with Gasteiger partial charge in [-0.2, -0.15) is 0 Å². The molecule has 2 heterocycles. The van der Waals surface area contributed by atoms with Crippen molar-refractivity contribution in [2.24, 2.45) is 0 Å². The molecular weight excluding hydrogens is 340 g/mol. The zero-order valence-corrected chi connectivity index (χ0v) is 15.3. The molecule has 1 aliphatic rings. The normalized spacial score (nSPS) is 14.0. The minimum absolute atomic E-state index is 0.0866. The van der Waals surface area contributed by atoms with E-state index in [1.54, 1.807) is 23.1 Å². The predicted molar refractivity (Wildman–Crippen MR) is 105 cm³/mol. The van der Waals surface area contributed by atoms with Crippen LogP contribution >= 0.6 is 0 Å². The molecular formula is C21H20N4O2. The van der Waals surface area contributed by atoms with Gasteiger partial charge in [0.2, 0.25) is 5.91 Å². The highest BCUT2D eigenvalue weighted by Crippen LogP contribution is 2.29. The Morgan fingerprint density at radius 3 is 2.52 bits per heavy atom. The lowest BCUT2D eigenvalue weighted by Gasteiger charge is -2.20. The number of anilines is 2. The van der Waals surface area contributed by atoms with Crippen molar-refractivity contribution in [3.8, 4) is 0 Å². The van der Waals surface area contributed by atoms with Gasteiger partial charge in [-0.15, -0.1) is 0 Å². The van der Waals surface area contributed by atoms with Gasteiger partial charge in [0.05, 0.1) is 33.8 Å². The largest absolute Gasteiger partial charge is 0.320 e. The zero-order chi connectivity index (χ0) is 19.0. The molecule has 1 fully saturated rings. The monoisotopic (exact) mass is 360 g/mol. The Hall–Kier alpha value is -3.28. The molecule has 1 aliphatic heterocycles. The molecule has 1 saturated heterocycles. The number of nitrogens with zero attached hydrogens (tertiary/aromatic N) is 3. The van der Waals surface area contributed by atoms with Gasteiger partial charge in [0.25, 0.3) is 5.91 Å². The van der Waals surface area contributed by atoms with Gasteiger partial charge in [-0.25, -0.2) is 9.97 Å². The van der Waals surface area contributed by atoms with Crippen molar-refractivity contribution in [2.75, 3.05) is 16.8 Å². The van der Waals surface area contributed by atoms with E-state index in [4.69, 9.17) is 0 Å². The summed E-state index contributed by atoms with van der Waals surface area (Å²) < 4.78 is 0. The highest BCUT2D eigenvalue weighted by molar-refractivity contribution is 6.09. The molecule has 0 saturated carbocycles. The Balaban J connectivity index is 1.64. The number of nitrogens with one attached hydrogen (secondary N) is 1. The van der Waals surface area contributed by atoms with Crippen molar-refractivity contribution in [1.29, 1.82) is 0 Å². The van der Waals surface area contributed by atoms with Crippen LogP contribution in [0.3, 0.4) is 0 Å². The summed E-state index contributed by atoms with van der Waals surface area (Å²) in [6.45, 7) is 4.49. The highest BCUT2D eigenvalue weighted by atomic mass is 16.2. The lowest BCUT2D eigenvalue weighted by Crippen LogP contribution is -2.25. The third kappa shape index (κ3) is 3.26. The first-order valence-corrected chi connectivity index (χ1v) is 8.99. The first-order chi connectivity index (χ1) is 13.0. The van der Waals surface area contributed by atoms with Crippen molar-refractivity contribution in [2.45, 2.75) is 26.7 Å². The molecule has 6 nitrogen and oxygen atoms in total. The fourth-order valence-electron chi connectivity index (χ4n) is 3.28. The van der Waals surface area contributed by atoms with Gasteiger partial charge in [0.15, 0.2) is 0 Å². The first kappa shape index (κ1) is 17.1. The van der Waals surface area contributed by atoms with E-state index in [0.717, 1.165) is 29.0 Å². The number of benzene rings is 2. The maximum Gasteiger partial charge on any atom is 0.255 e. The summed E-state index contributed by atoms with van der Waals surface area (Å²) in [5, 5.41) is 2.93. The predicted octanol–water partition coefficient (Wildman–Crippen LogP) is 3.63. The number of carbonyl (C=O) groups excluding carboxylic acids is 2. The molecule has 2 aromatic carbocycles. The van der Waals surface area contributed by atoms with Gasteiger partial charge >= 0.3 is 0 Å². The molecule has 2 amide bonds. The summed E-state index contributed by atoms with van der Waals surface area (Å²) in [6.07, 6.45) is 1.38. The van der Waals surface area contributed by atoms with Gasteiger partial charge < -0.3 is 10.2 Å². The molecule has 0 atom stereocenters. The molecule has 1 N–H and O–H groups in total. The summed E-state index contributed by atoms with van der Waals surface area (Å²) in [5.41, 5.74) is 5.04. The summed E-state index contributed by atoms with van der Waals surface area (Å²) in [7, 11) is 0. The maximum atomic E-state index is 12.8. The number of aromatic nitrogens is 2. The van der Waals surface area contributed by atoms with E-state index in [0.29, 0.717) is 29.7 Å². The van der Waals surface area contributed by atoms with Crippen LogP contribution in [0.4, 0.5) is 11.4 Å². The first-order valence-electron chi connectivity index (χ1n) is 8.99. The fourth-order valence-corrected chi connectivity index (χ4v) is 3.28. The number of rotatable bonds is 3. The van der Waals surface area contributed by atoms with E-state index < -0.39 is 0 Å². The number of hydrogen-bond acceptors (Lipinski definition) is 4. The molecule has 3 aromatic rings. The Kier molecular flexibility index (Phi) is 4.32. The van der Waals surface area contributed by atoms with Crippen LogP contribution in [0.25, 0.3) is 11.0 Å². The summed E-state index contributed by atoms with van der Waals surface area (Å²) >= 11 is 0. The van der Waals surface area contributed by atoms with Crippen molar-refractivity contribution in [3.63, 3.8) is 0 Å². The molecule has 27 heavy (non-hydrogen) atoms. The van der Waals surface area contributed by atoms with Crippen LogP contribution in [0, 0.1) is 13.8 Å². The number of amides is 2. The van der Waals surface area contributed by atoms with Crippen molar-refractivity contribution in [1.82, 2.24) is 9.97 Å². The lowest BCUT2D eigenvalue weighted by atomic mass is 10.1. The maximum absolute atomic E-state index is 12.8. The quantitative estimate of drug-likeness (QED) is 0.774. The van der Waals surface area contributed by atoms with Crippen LogP contribution in [0.5, 0.6) is 0 Å². The van der Waals surface area contributed by atoms with E-state index in [1.807, 2.05) is 38.1 Å². The van der Waals surface area contributed by atoms with Crippen LogP contribution in [-0.2, 0) is 4.79 Å². The van der Waals surface area contributed by atoms with E-state index in [9.17, 15) is 9.59 Å². The topological polar surface area (TPSA) is 75.2 Å². The molecule has 1 aromatic heterocycles. The number of carbonyl (C=O) groups is 2. The second kappa shape index (κ2) is 6.79. The Bertz CT molecular complexity index is 1060.